The van der Waals surface area contributed by atoms with E-state index in [4.69, 9.17) is 4.99 Å². The standard InChI is InChI=1S/C19H29N7/c1-3-18-24-22-15-26(18)13-11-21-19(20-4-2)23-16-10-12-25(14-16)17-8-6-5-7-9-17/h5-9,15-16H,3-4,10-14H2,1-2H3,(H2,20,21,23). The van der Waals surface area contributed by atoms with Crippen molar-refractivity contribution in [1.82, 2.24) is 25.4 Å². The van der Waals surface area contributed by atoms with Gasteiger partial charge in [-0.25, -0.2) is 0 Å². The first-order chi connectivity index (χ1) is 12.8. The Morgan fingerprint density at radius 3 is 2.88 bits per heavy atom. The molecule has 0 bridgehead atoms. The molecule has 26 heavy (non-hydrogen) atoms. The predicted octanol–water partition coefficient (Wildman–Crippen LogP) is 1.67. The Bertz CT molecular complexity index is 695. The summed E-state index contributed by atoms with van der Waals surface area (Å²) in [6.07, 6.45) is 3.79. The summed E-state index contributed by atoms with van der Waals surface area (Å²) < 4.78 is 2.07. The molecule has 1 aliphatic rings. The van der Waals surface area contributed by atoms with Crippen LogP contribution in [0.3, 0.4) is 0 Å². The molecule has 1 aliphatic heterocycles. The first-order valence-corrected chi connectivity index (χ1v) is 9.51. The highest BCUT2D eigenvalue weighted by atomic mass is 15.3. The Labute approximate surface area is 155 Å². The number of aromatic nitrogens is 3. The van der Waals surface area contributed by atoms with Crippen LogP contribution in [-0.4, -0.2) is 52.9 Å². The number of nitrogens with one attached hydrogen (secondary N) is 2. The highest BCUT2D eigenvalue weighted by Gasteiger charge is 2.23. The van der Waals surface area contributed by atoms with E-state index in [9.17, 15) is 0 Å². The van der Waals surface area contributed by atoms with E-state index in [-0.39, 0.29) is 0 Å². The van der Waals surface area contributed by atoms with Gasteiger partial charge in [0.1, 0.15) is 12.2 Å². The lowest BCUT2D eigenvalue weighted by Gasteiger charge is -2.20. The van der Waals surface area contributed by atoms with Gasteiger partial charge < -0.3 is 20.1 Å². The molecule has 1 aromatic carbocycles. The molecule has 7 nitrogen and oxygen atoms in total. The lowest BCUT2D eigenvalue weighted by Crippen LogP contribution is -2.44. The Morgan fingerprint density at radius 1 is 1.27 bits per heavy atom. The fourth-order valence-corrected chi connectivity index (χ4v) is 3.27. The summed E-state index contributed by atoms with van der Waals surface area (Å²) in [5.41, 5.74) is 1.29. The summed E-state index contributed by atoms with van der Waals surface area (Å²) in [5.74, 6) is 1.89. The van der Waals surface area contributed by atoms with Gasteiger partial charge in [0.05, 0.1) is 6.54 Å². The fourth-order valence-electron chi connectivity index (χ4n) is 3.27. The molecule has 1 atom stereocenters. The Kier molecular flexibility index (Phi) is 6.46. The van der Waals surface area contributed by atoms with Crippen LogP contribution in [0.15, 0.2) is 41.7 Å². The number of anilines is 1. The minimum absolute atomic E-state index is 0.411. The van der Waals surface area contributed by atoms with Gasteiger partial charge in [0.2, 0.25) is 0 Å². The fraction of sp³-hybridized carbons (Fsp3) is 0.526. The molecule has 2 heterocycles. The highest BCUT2D eigenvalue weighted by molar-refractivity contribution is 5.80. The number of nitrogens with zero attached hydrogens (tertiary/aromatic N) is 5. The van der Waals surface area contributed by atoms with Gasteiger partial charge in [0.15, 0.2) is 5.96 Å². The van der Waals surface area contributed by atoms with Crippen LogP contribution in [-0.2, 0) is 13.0 Å². The molecule has 1 fully saturated rings. The lowest BCUT2D eigenvalue weighted by molar-refractivity contribution is 0.634. The van der Waals surface area contributed by atoms with Crippen molar-refractivity contribution in [2.24, 2.45) is 4.99 Å². The maximum absolute atomic E-state index is 4.72. The summed E-state index contributed by atoms with van der Waals surface area (Å²) in [7, 11) is 0. The number of hydrogen-bond acceptors (Lipinski definition) is 4. The number of aliphatic imine (C=N–C) groups is 1. The summed E-state index contributed by atoms with van der Waals surface area (Å²) in [6.45, 7) is 8.61. The van der Waals surface area contributed by atoms with Crippen LogP contribution in [0.2, 0.25) is 0 Å². The molecule has 3 rings (SSSR count). The Balaban J connectivity index is 1.53. The van der Waals surface area contributed by atoms with Crippen LogP contribution < -0.4 is 15.5 Å². The maximum atomic E-state index is 4.72. The SMILES string of the molecule is CCNC(=NCCn1cnnc1CC)NC1CCN(c2ccccc2)C1. The molecule has 1 aromatic heterocycles. The minimum Gasteiger partial charge on any atom is -0.369 e. The molecule has 1 saturated heterocycles. The van der Waals surface area contributed by atoms with Gasteiger partial charge in [-0.1, -0.05) is 25.1 Å². The maximum Gasteiger partial charge on any atom is 0.191 e. The van der Waals surface area contributed by atoms with Gasteiger partial charge in [0, 0.05) is 44.3 Å². The summed E-state index contributed by atoms with van der Waals surface area (Å²) in [5, 5.41) is 15.0. The second-order valence-electron chi connectivity index (χ2n) is 6.47. The molecule has 1 unspecified atom stereocenters. The zero-order valence-corrected chi connectivity index (χ0v) is 15.7. The van der Waals surface area contributed by atoms with E-state index in [1.807, 2.05) is 0 Å². The molecule has 7 heteroatoms. The van der Waals surface area contributed by atoms with Gasteiger partial charge in [-0.15, -0.1) is 10.2 Å². The van der Waals surface area contributed by atoms with Crippen LogP contribution in [0, 0.1) is 0 Å². The van der Waals surface area contributed by atoms with E-state index < -0.39 is 0 Å². The number of guanidine groups is 1. The molecule has 0 aliphatic carbocycles. The van der Waals surface area contributed by atoms with Crippen LogP contribution in [0.4, 0.5) is 5.69 Å². The number of rotatable bonds is 7. The number of aryl methyl sites for hydroxylation is 1. The van der Waals surface area contributed by atoms with E-state index in [1.54, 1.807) is 6.33 Å². The van der Waals surface area contributed by atoms with Crippen molar-refractivity contribution in [3.63, 3.8) is 0 Å². The monoisotopic (exact) mass is 355 g/mol. The third kappa shape index (κ3) is 4.74. The van der Waals surface area contributed by atoms with Crippen LogP contribution in [0.5, 0.6) is 0 Å². The number of para-hydroxylation sites is 1. The van der Waals surface area contributed by atoms with Crippen molar-refractivity contribution in [3.8, 4) is 0 Å². The van der Waals surface area contributed by atoms with Crippen LogP contribution in [0.1, 0.15) is 26.1 Å². The van der Waals surface area contributed by atoms with Gasteiger partial charge in [-0.3, -0.25) is 4.99 Å². The molecule has 0 saturated carbocycles. The quantitative estimate of drug-likeness (QED) is 0.584. The zero-order chi connectivity index (χ0) is 18.2. The van der Waals surface area contributed by atoms with Gasteiger partial charge >= 0.3 is 0 Å². The number of benzene rings is 1. The van der Waals surface area contributed by atoms with Gasteiger partial charge in [0.25, 0.3) is 0 Å². The summed E-state index contributed by atoms with van der Waals surface area (Å²) >= 11 is 0. The molecular weight excluding hydrogens is 326 g/mol. The van der Waals surface area contributed by atoms with Crippen molar-refractivity contribution >= 4 is 11.6 Å². The van der Waals surface area contributed by atoms with Crippen molar-refractivity contribution in [2.45, 2.75) is 39.3 Å². The second kappa shape index (κ2) is 9.22. The van der Waals surface area contributed by atoms with Crippen molar-refractivity contribution < 1.29 is 0 Å². The van der Waals surface area contributed by atoms with Gasteiger partial charge in [-0.05, 0) is 25.5 Å². The molecule has 2 aromatic rings. The Morgan fingerprint density at radius 2 is 2.12 bits per heavy atom. The third-order valence-electron chi connectivity index (χ3n) is 4.62. The van der Waals surface area contributed by atoms with E-state index in [0.29, 0.717) is 12.6 Å². The van der Waals surface area contributed by atoms with E-state index in [1.165, 1.54) is 5.69 Å². The molecule has 2 N–H and O–H groups in total. The third-order valence-corrected chi connectivity index (χ3v) is 4.62. The molecule has 0 amide bonds. The molecule has 0 radical (unpaired) electrons. The average Bonchev–Trinajstić information content (AvgIpc) is 3.32. The van der Waals surface area contributed by atoms with E-state index in [0.717, 1.165) is 50.8 Å². The lowest BCUT2D eigenvalue weighted by atomic mass is 10.3. The molecule has 0 spiro atoms. The summed E-state index contributed by atoms with van der Waals surface area (Å²) in [4.78, 5) is 7.15. The van der Waals surface area contributed by atoms with Crippen LogP contribution >= 0.6 is 0 Å². The van der Waals surface area contributed by atoms with Crippen molar-refractivity contribution in [2.75, 3.05) is 31.1 Å². The normalized spacial score (nSPS) is 17.5. The van der Waals surface area contributed by atoms with Crippen LogP contribution in [0.25, 0.3) is 0 Å². The largest absolute Gasteiger partial charge is 0.369 e. The summed E-state index contributed by atoms with van der Waals surface area (Å²) in [6, 6.07) is 11.0. The topological polar surface area (TPSA) is 70.4 Å². The Hall–Kier alpha value is -2.57. The molecular formula is C19H29N7. The predicted molar refractivity (Wildman–Crippen MR) is 106 cm³/mol. The first kappa shape index (κ1) is 18.2. The number of hydrogen-bond donors (Lipinski definition) is 2. The van der Waals surface area contributed by atoms with Crippen molar-refractivity contribution in [1.29, 1.82) is 0 Å². The second-order valence-corrected chi connectivity index (χ2v) is 6.47. The smallest absolute Gasteiger partial charge is 0.191 e. The first-order valence-electron chi connectivity index (χ1n) is 9.51. The minimum atomic E-state index is 0.411. The molecule has 140 valence electrons. The van der Waals surface area contributed by atoms with E-state index in [2.05, 4.69) is 74.5 Å². The zero-order valence-electron chi connectivity index (χ0n) is 15.7. The van der Waals surface area contributed by atoms with Gasteiger partial charge in [-0.2, -0.15) is 0 Å². The average molecular weight is 355 g/mol. The van der Waals surface area contributed by atoms with Crippen molar-refractivity contribution in [3.05, 3.63) is 42.5 Å². The van der Waals surface area contributed by atoms with E-state index >= 15 is 0 Å². The highest BCUT2D eigenvalue weighted by Crippen LogP contribution is 2.19.